The van der Waals surface area contributed by atoms with Gasteiger partial charge in [-0.25, -0.2) is 0 Å². The summed E-state index contributed by atoms with van der Waals surface area (Å²) in [5.41, 5.74) is 0.561. The molecule has 0 unspecified atom stereocenters. The number of rotatable bonds is 6. The van der Waals surface area contributed by atoms with E-state index in [0.717, 1.165) is 37.0 Å². The molecule has 198 valence electrons. The van der Waals surface area contributed by atoms with E-state index < -0.39 is 17.2 Å². The van der Waals surface area contributed by atoms with Gasteiger partial charge in [0.2, 0.25) is 0 Å². The lowest BCUT2D eigenvalue weighted by atomic mass is 9.81. The summed E-state index contributed by atoms with van der Waals surface area (Å²) in [6.07, 6.45) is 3.61. The van der Waals surface area contributed by atoms with Crippen molar-refractivity contribution in [2.45, 2.75) is 63.7 Å². The first-order valence-corrected chi connectivity index (χ1v) is 13.5. The number of ketones is 1. The molecule has 4 aliphatic rings. The van der Waals surface area contributed by atoms with E-state index in [1.807, 2.05) is 26.0 Å². The smallest absolute Gasteiger partial charge is 0.296 e. The quantitative estimate of drug-likeness (QED) is 0.355. The molecular formula is C30H32N2O6. The second-order valence-electron chi connectivity index (χ2n) is 10.6. The number of carbonyl (C=O) groups excluding carboxylic acids is 3. The van der Waals surface area contributed by atoms with E-state index in [2.05, 4.69) is 0 Å². The summed E-state index contributed by atoms with van der Waals surface area (Å²) in [7, 11) is 0. The molecule has 0 bridgehead atoms. The van der Waals surface area contributed by atoms with E-state index in [-0.39, 0.29) is 36.0 Å². The lowest BCUT2D eigenvalue weighted by Gasteiger charge is -2.35. The van der Waals surface area contributed by atoms with Gasteiger partial charge in [0, 0.05) is 37.2 Å². The molecule has 0 aliphatic carbocycles. The Morgan fingerprint density at radius 3 is 2.74 bits per heavy atom. The van der Waals surface area contributed by atoms with Crippen LogP contribution in [0.1, 0.15) is 56.2 Å². The lowest BCUT2D eigenvalue weighted by molar-refractivity contribution is -0.145. The molecule has 2 fully saturated rings. The van der Waals surface area contributed by atoms with E-state index in [0.29, 0.717) is 36.4 Å². The fourth-order valence-corrected chi connectivity index (χ4v) is 6.36. The van der Waals surface area contributed by atoms with Gasteiger partial charge >= 0.3 is 0 Å². The number of aliphatic hydroxyl groups excluding tert-OH is 1. The molecule has 0 saturated carbocycles. The molecule has 2 aromatic carbocycles. The lowest BCUT2D eigenvalue weighted by Crippen LogP contribution is -2.54. The van der Waals surface area contributed by atoms with Crippen molar-refractivity contribution in [1.82, 2.24) is 4.90 Å². The zero-order chi connectivity index (χ0) is 26.6. The first-order valence-electron chi connectivity index (χ1n) is 13.5. The van der Waals surface area contributed by atoms with Gasteiger partial charge in [0.25, 0.3) is 17.6 Å². The zero-order valence-corrected chi connectivity index (χ0v) is 21.7. The Bertz CT molecular complexity index is 1360. The van der Waals surface area contributed by atoms with Crippen molar-refractivity contribution in [2.24, 2.45) is 0 Å². The molecule has 3 atom stereocenters. The highest BCUT2D eigenvalue weighted by molar-refractivity contribution is 6.50. The van der Waals surface area contributed by atoms with Crippen LogP contribution in [0.25, 0.3) is 5.76 Å². The first-order chi connectivity index (χ1) is 18.4. The number of benzene rings is 2. The predicted octanol–water partition coefficient (Wildman–Crippen LogP) is 3.91. The minimum Gasteiger partial charge on any atom is -0.507 e. The van der Waals surface area contributed by atoms with Crippen LogP contribution in [-0.2, 0) is 31.1 Å². The minimum atomic E-state index is -1.75. The topological polar surface area (TPSA) is 96.4 Å². The molecule has 8 nitrogen and oxygen atoms in total. The van der Waals surface area contributed by atoms with Crippen molar-refractivity contribution in [1.29, 1.82) is 0 Å². The maximum absolute atomic E-state index is 14.5. The number of anilines is 1. The average molecular weight is 517 g/mol. The van der Waals surface area contributed by atoms with E-state index in [1.165, 1.54) is 4.90 Å². The van der Waals surface area contributed by atoms with E-state index in [9.17, 15) is 19.5 Å². The molecule has 1 N–H and O–H groups in total. The highest BCUT2D eigenvalue weighted by atomic mass is 16.5. The van der Waals surface area contributed by atoms with Crippen molar-refractivity contribution >= 4 is 29.0 Å². The van der Waals surface area contributed by atoms with Gasteiger partial charge in [-0.2, -0.15) is 0 Å². The molecular weight excluding hydrogens is 484 g/mol. The Labute approximate surface area is 221 Å². The largest absolute Gasteiger partial charge is 0.507 e. The van der Waals surface area contributed by atoms with E-state index in [4.69, 9.17) is 9.47 Å². The fraction of sp³-hybridized carbons (Fsp3) is 0.433. The van der Waals surface area contributed by atoms with Crippen LogP contribution < -0.4 is 9.64 Å². The fourth-order valence-electron chi connectivity index (χ4n) is 6.36. The maximum atomic E-state index is 14.5. The zero-order valence-electron chi connectivity index (χ0n) is 21.7. The summed E-state index contributed by atoms with van der Waals surface area (Å²) in [5, 5.41) is 11.8. The number of fused-ring (bicyclic) bond motifs is 3. The Morgan fingerprint density at radius 2 is 1.97 bits per heavy atom. The molecule has 1 spiro atoms. The highest BCUT2D eigenvalue weighted by Crippen LogP contribution is 2.54. The second kappa shape index (κ2) is 9.27. The van der Waals surface area contributed by atoms with Crippen molar-refractivity contribution in [3.05, 3.63) is 64.7 Å². The SMILES string of the molecule is CCCCN1C(=O)[C@]2(C(=C(O)c3ccc4c(c3)C[C@@H](C)O4)C(=O)C(=O)N2C[C@H]2CCCO2)c2ccccc21. The van der Waals surface area contributed by atoms with Crippen LogP contribution in [0.3, 0.4) is 0 Å². The summed E-state index contributed by atoms with van der Waals surface area (Å²) in [6.45, 7) is 5.13. The molecule has 4 aliphatic heterocycles. The summed E-state index contributed by atoms with van der Waals surface area (Å²) >= 11 is 0. The molecule has 2 aromatic rings. The number of Topliss-reactive ketones (excluding diaryl/α,β-unsaturated/α-hetero) is 1. The van der Waals surface area contributed by atoms with Crippen LogP contribution in [0, 0.1) is 0 Å². The van der Waals surface area contributed by atoms with Gasteiger partial charge in [-0.15, -0.1) is 0 Å². The van der Waals surface area contributed by atoms with Gasteiger partial charge in [-0.05, 0) is 56.0 Å². The second-order valence-corrected chi connectivity index (χ2v) is 10.6. The third-order valence-corrected chi connectivity index (χ3v) is 8.12. The number of likely N-dealkylation sites (tertiary alicyclic amines) is 1. The van der Waals surface area contributed by atoms with E-state index >= 15 is 0 Å². The summed E-state index contributed by atoms with van der Waals surface area (Å²) < 4.78 is 11.6. The molecule has 8 heteroatoms. The Hall–Kier alpha value is -3.65. The number of para-hydroxylation sites is 1. The van der Waals surface area contributed by atoms with Crippen LogP contribution >= 0.6 is 0 Å². The molecule has 0 radical (unpaired) electrons. The van der Waals surface area contributed by atoms with Crippen LogP contribution in [0.15, 0.2) is 48.0 Å². The third kappa shape index (κ3) is 3.50. The van der Waals surface area contributed by atoms with Gasteiger partial charge in [-0.3, -0.25) is 14.4 Å². The number of ether oxygens (including phenoxy) is 2. The Balaban J connectivity index is 1.57. The number of unbranched alkanes of at least 4 members (excludes halogenated alkanes) is 1. The van der Waals surface area contributed by atoms with Gasteiger partial charge < -0.3 is 24.4 Å². The number of carbonyl (C=O) groups is 3. The van der Waals surface area contributed by atoms with Gasteiger partial charge in [0.15, 0.2) is 5.54 Å². The normalized spacial score (nSPS) is 27.4. The van der Waals surface area contributed by atoms with Crippen molar-refractivity contribution in [3.8, 4) is 5.75 Å². The summed E-state index contributed by atoms with van der Waals surface area (Å²) in [5.74, 6) is -1.65. The number of hydrogen-bond donors (Lipinski definition) is 1. The Kier molecular flexibility index (Phi) is 6.02. The van der Waals surface area contributed by atoms with Crippen LogP contribution in [0.5, 0.6) is 5.75 Å². The number of hydrogen-bond acceptors (Lipinski definition) is 6. The molecule has 4 heterocycles. The number of nitrogens with zero attached hydrogens (tertiary/aromatic N) is 2. The predicted molar refractivity (Wildman–Crippen MR) is 141 cm³/mol. The van der Waals surface area contributed by atoms with Crippen molar-refractivity contribution in [2.75, 3.05) is 24.6 Å². The summed E-state index contributed by atoms with van der Waals surface area (Å²) in [6, 6.07) is 12.5. The molecule has 38 heavy (non-hydrogen) atoms. The molecule has 2 saturated heterocycles. The minimum absolute atomic E-state index is 0.00777. The van der Waals surface area contributed by atoms with Crippen LogP contribution in [0.2, 0.25) is 0 Å². The highest BCUT2D eigenvalue weighted by Gasteiger charge is 2.67. The maximum Gasteiger partial charge on any atom is 0.296 e. The van der Waals surface area contributed by atoms with Gasteiger partial charge in [0.05, 0.1) is 17.4 Å². The van der Waals surface area contributed by atoms with Gasteiger partial charge in [-0.1, -0.05) is 31.5 Å². The third-order valence-electron chi connectivity index (χ3n) is 8.12. The average Bonchev–Trinajstić information content (AvgIpc) is 3.66. The Morgan fingerprint density at radius 1 is 1.16 bits per heavy atom. The molecule has 6 rings (SSSR count). The number of aliphatic hydroxyl groups is 1. The van der Waals surface area contributed by atoms with E-state index in [1.54, 1.807) is 35.2 Å². The summed E-state index contributed by atoms with van der Waals surface area (Å²) in [4.78, 5) is 45.0. The molecule has 0 aromatic heterocycles. The monoisotopic (exact) mass is 516 g/mol. The van der Waals surface area contributed by atoms with Crippen LogP contribution in [-0.4, -0.2) is 59.5 Å². The van der Waals surface area contributed by atoms with Crippen molar-refractivity contribution < 1.29 is 29.0 Å². The van der Waals surface area contributed by atoms with Gasteiger partial charge in [0.1, 0.15) is 17.6 Å². The number of amides is 2. The first kappa shape index (κ1) is 24.7. The standard InChI is InChI=1S/C30H32N2O6/c1-3-4-13-31-23-10-6-5-9-22(23)30(29(31)36)25(27(34)28(35)32(30)17-21-8-7-14-37-21)26(33)19-11-12-24-20(16-19)15-18(2)38-24/h5-6,9-12,16,18,21,33H,3-4,7-8,13-15,17H2,1-2H3/t18-,21-,30-/m1/s1. The molecule has 2 amide bonds. The van der Waals surface area contributed by atoms with Crippen molar-refractivity contribution in [3.63, 3.8) is 0 Å². The van der Waals surface area contributed by atoms with Crippen LogP contribution in [0.4, 0.5) is 5.69 Å².